The molecule has 0 bridgehead atoms. The van der Waals surface area contributed by atoms with Gasteiger partial charge in [0.2, 0.25) is 0 Å². The third kappa shape index (κ3) is 3.92. The first-order valence-corrected chi connectivity index (χ1v) is 6.58. The summed E-state index contributed by atoms with van der Waals surface area (Å²) in [7, 11) is 0. The number of esters is 1. The molecule has 0 radical (unpaired) electrons. The van der Waals surface area contributed by atoms with Crippen LogP contribution in [0.2, 0.25) is 0 Å². The number of thiazole rings is 1. The van der Waals surface area contributed by atoms with E-state index in [-0.39, 0.29) is 12.4 Å². The SMILES string of the molecule is Cc1nc(CC(=O)OCCc2ccccn2)cs1. The van der Waals surface area contributed by atoms with Crippen molar-refractivity contribution in [1.82, 2.24) is 9.97 Å². The van der Waals surface area contributed by atoms with Gasteiger partial charge in [0.05, 0.1) is 23.7 Å². The first-order valence-electron chi connectivity index (χ1n) is 5.70. The quantitative estimate of drug-likeness (QED) is 0.775. The van der Waals surface area contributed by atoms with Crippen LogP contribution in [0.5, 0.6) is 0 Å². The van der Waals surface area contributed by atoms with Gasteiger partial charge in [0, 0.05) is 23.7 Å². The number of ether oxygens (including phenoxy) is 1. The Bertz CT molecular complexity index is 511. The predicted octanol–water partition coefficient (Wildman–Crippen LogP) is 2.17. The molecule has 0 unspecified atom stereocenters. The molecule has 0 aliphatic heterocycles. The molecule has 0 N–H and O–H groups in total. The van der Waals surface area contributed by atoms with E-state index in [2.05, 4.69) is 9.97 Å². The highest BCUT2D eigenvalue weighted by atomic mass is 32.1. The third-order valence-corrected chi connectivity index (χ3v) is 3.16. The van der Waals surface area contributed by atoms with Gasteiger partial charge < -0.3 is 4.74 Å². The van der Waals surface area contributed by atoms with E-state index in [9.17, 15) is 4.79 Å². The molecular weight excluding hydrogens is 248 g/mol. The highest BCUT2D eigenvalue weighted by Crippen LogP contribution is 2.08. The summed E-state index contributed by atoms with van der Waals surface area (Å²) in [5.74, 6) is -0.240. The molecule has 0 spiro atoms. The second-order valence-corrected chi connectivity index (χ2v) is 4.89. The zero-order valence-corrected chi connectivity index (χ0v) is 10.9. The number of hydrogen-bond acceptors (Lipinski definition) is 5. The molecule has 0 fully saturated rings. The Labute approximate surface area is 110 Å². The summed E-state index contributed by atoms with van der Waals surface area (Å²) in [5, 5.41) is 2.85. The van der Waals surface area contributed by atoms with E-state index < -0.39 is 0 Å². The van der Waals surface area contributed by atoms with E-state index in [0.29, 0.717) is 13.0 Å². The van der Waals surface area contributed by atoms with Crippen LogP contribution >= 0.6 is 11.3 Å². The molecule has 5 heteroatoms. The summed E-state index contributed by atoms with van der Waals surface area (Å²) in [6, 6.07) is 5.69. The maximum atomic E-state index is 11.5. The predicted molar refractivity (Wildman–Crippen MR) is 69.5 cm³/mol. The van der Waals surface area contributed by atoms with E-state index in [1.807, 2.05) is 30.5 Å². The van der Waals surface area contributed by atoms with Crippen molar-refractivity contribution in [3.05, 3.63) is 46.2 Å². The number of carbonyl (C=O) groups excluding carboxylic acids is 1. The normalized spacial score (nSPS) is 10.3. The van der Waals surface area contributed by atoms with Gasteiger partial charge in [0.25, 0.3) is 0 Å². The number of hydrogen-bond donors (Lipinski definition) is 0. The molecule has 0 amide bonds. The van der Waals surface area contributed by atoms with Gasteiger partial charge in [-0.3, -0.25) is 9.78 Å². The average molecular weight is 262 g/mol. The van der Waals surface area contributed by atoms with E-state index in [1.54, 1.807) is 6.20 Å². The molecule has 2 aromatic rings. The number of nitrogens with zero attached hydrogens (tertiary/aromatic N) is 2. The molecule has 18 heavy (non-hydrogen) atoms. The van der Waals surface area contributed by atoms with Gasteiger partial charge in [-0.2, -0.15) is 0 Å². The lowest BCUT2D eigenvalue weighted by atomic mass is 10.3. The van der Waals surface area contributed by atoms with Crippen molar-refractivity contribution in [3.8, 4) is 0 Å². The fourth-order valence-electron chi connectivity index (χ4n) is 1.50. The van der Waals surface area contributed by atoms with Gasteiger partial charge in [-0.15, -0.1) is 11.3 Å². The van der Waals surface area contributed by atoms with Crippen LogP contribution in [0.4, 0.5) is 0 Å². The van der Waals surface area contributed by atoms with E-state index in [0.717, 1.165) is 16.4 Å². The Hall–Kier alpha value is -1.75. The van der Waals surface area contributed by atoms with Crippen molar-refractivity contribution in [2.24, 2.45) is 0 Å². The molecule has 0 aliphatic carbocycles. The number of pyridine rings is 1. The summed E-state index contributed by atoms with van der Waals surface area (Å²) in [6.07, 6.45) is 2.62. The molecule has 0 aliphatic rings. The molecule has 0 saturated carbocycles. The zero-order valence-electron chi connectivity index (χ0n) is 10.1. The minimum atomic E-state index is -0.240. The number of aryl methyl sites for hydroxylation is 1. The van der Waals surface area contributed by atoms with Crippen LogP contribution in [0.15, 0.2) is 29.8 Å². The number of rotatable bonds is 5. The van der Waals surface area contributed by atoms with Gasteiger partial charge in [0.1, 0.15) is 0 Å². The van der Waals surface area contributed by atoms with Crippen molar-refractivity contribution in [2.45, 2.75) is 19.8 Å². The van der Waals surface area contributed by atoms with Crippen molar-refractivity contribution < 1.29 is 9.53 Å². The fourth-order valence-corrected chi connectivity index (χ4v) is 2.12. The molecule has 0 atom stereocenters. The van der Waals surface area contributed by atoms with Crippen LogP contribution in [-0.4, -0.2) is 22.5 Å². The number of aromatic nitrogens is 2. The summed E-state index contributed by atoms with van der Waals surface area (Å²) < 4.78 is 5.14. The lowest BCUT2D eigenvalue weighted by molar-refractivity contribution is -0.142. The van der Waals surface area contributed by atoms with Crippen LogP contribution in [0, 0.1) is 6.92 Å². The molecule has 4 nitrogen and oxygen atoms in total. The Morgan fingerprint density at radius 2 is 2.28 bits per heavy atom. The number of carbonyl (C=O) groups is 1. The average Bonchev–Trinajstić information content (AvgIpc) is 2.76. The third-order valence-electron chi connectivity index (χ3n) is 2.34. The summed E-state index contributed by atoms with van der Waals surface area (Å²) in [5.41, 5.74) is 1.70. The first kappa shape index (κ1) is 12.7. The van der Waals surface area contributed by atoms with Gasteiger partial charge >= 0.3 is 5.97 Å². The van der Waals surface area contributed by atoms with Crippen LogP contribution in [0.1, 0.15) is 16.4 Å². The summed E-state index contributed by atoms with van der Waals surface area (Å²) in [4.78, 5) is 19.9. The lowest BCUT2D eigenvalue weighted by Gasteiger charge is -2.03. The highest BCUT2D eigenvalue weighted by molar-refractivity contribution is 7.09. The minimum Gasteiger partial charge on any atom is -0.465 e. The van der Waals surface area contributed by atoms with Gasteiger partial charge in [0.15, 0.2) is 0 Å². The summed E-state index contributed by atoms with van der Waals surface area (Å²) in [6.45, 7) is 2.28. The van der Waals surface area contributed by atoms with Crippen molar-refractivity contribution in [3.63, 3.8) is 0 Å². The van der Waals surface area contributed by atoms with Gasteiger partial charge in [-0.1, -0.05) is 6.07 Å². The molecule has 0 aromatic carbocycles. The topological polar surface area (TPSA) is 52.1 Å². The molecule has 0 saturated heterocycles. The Morgan fingerprint density at radius 1 is 1.39 bits per heavy atom. The van der Waals surface area contributed by atoms with Crippen LogP contribution < -0.4 is 0 Å². The minimum absolute atomic E-state index is 0.240. The monoisotopic (exact) mass is 262 g/mol. The standard InChI is InChI=1S/C13H14N2O2S/c1-10-15-12(9-18-10)8-13(16)17-7-5-11-4-2-3-6-14-11/h2-4,6,9H,5,7-8H2,1H3. The Balaban J connectivity index is 1.72. The Kier molecular flexibility index (Phi) is 4.41. The molecular formula is C13H14N2O2S. The van der Waals surface area contributed by atoms with Gasteiger partial charge in [-0.25, -0.2) is 4.98 Å². The van der Waals surface area contributed by atoms with Crippen LogP contribution in [0.25, 0.3) is 0 Å². The second kappa shape index (κ2) is 6.26. The smallest absolute Gasteiger partial charge is 0.311 e. The summed E-state index contributed by atoms with van der Waals surface area (Å²) >= 11 is 1.54. The maximum Gasteiger partial charge on any atom is 0.311 e. The van der Waals surface area contributed by atoms with Crippen LogP contribution in [-0.2, 0) is 22.4 Å². The molecule has 2 rings (SSSR count). The van der Waals surface area contributed by atoms with E-state index in [1.165, 1.54) is 11.3 Å². The molecule has 94 valence electrons. The molecule has 2 heterocycles. The fraction of sp³-hybridized carbons (Fsp3) is 0.308. The zero-order chi connectivity index (χ0) is 12.8. The highest BCUT2D eigenvalue weighted by Gasteiger charge is 2.07. The van der Waals surface area contributed by atoms with Crippen molar-refractivity contribution in [1.29, 1.82) is 0 Å². The maximum absolute atomic E-state index is 11.5. The first-order chi connectivity index (χ1) is 8.74. The van der Waals surface area contributed by atoms with E-state index in [4.69, 9.17) is 4.74 Å². The van der Waals surface area contributed by atoms with Gasteiger partial charge in [-0.05, 0) is 19.1 Å². The van der Waals surface area contributed by atoms with Crippen molar-refractivity contribution >= 4 is 17.3 Å². The van der Waals surface area contributed by atoms with Crippen molar-refractivity contribution in [2.75, 3.05) is 6.61 Å². The largest absolute Gasteiger partial charge is 0.465 e. The van der Waals surface area contributed by atoms with E-state index >= 15 is 0 Å². The second-order valence-electron chi connectivity index (χ2n) is 3.83. The van der Waals surface area contributed by atoms with Crippen LogP contribution in [0.3, 0.4) is 0 Å². The molecule has 2 aromatic heterocycles. The Morgan fingerprint density at radius 3 is 2.94 bits per heavy atom. The lowest BCUT2D eigenvalue weighted by Crippen LogP contribution is -2.11.